The van der Waals surface area contributed by atoms with E-state index in [0.717, 1.165) is 8.06 Å². The molecule has 0 aliphatic rings. The van der Waals surface area contributed by atoms with Gasteiger partial charge in [-0.05, 0) is 293 Å². The highest BCUT2D eigenvalue weighted by Gasteiger charge is 2.67. The molecule has 0 aromatic heterocycles. The van der Waals surface area contributed by atoms with Crippen LogP contribution in [0.15, 0.2) is 0 Å². The lowest BCUT2D eigenvalue weighted by molar-refractivity contribution is 1.66. The second-order valence-electron chi connectivity index (χ2n) is 15.1. The van der Waals surface area contributed by atoms with Crippen LogP contribution in [0.5, 0.6) is 0 Å². The molecule has 1 nitrogen and oxygen atoms in total. The number of hydrogen-bond acceptors (Lipinski definition) is 3. The number of nitrogens with one attached hydrogen (secondary N) is 1. The van der Waals surface area contributed by atoms with E-state index < -0.39 is 321 Å². The standard InChI is InChI=1S/2CH4.H95NP94.S2/c;;1-49-73(48)85(72(46)47)91(84(70(42)43)71(44)45)94(90(82(66(34)35)67(36)37)83(68(38)39)69(40)41)95(92(86(74(50(2)3)51(4)5)75(52(6)7)53(8)9)87(76(54(10)11)55(12)13)77(56(14)15)57(16)17)93(88(78(58(18)19)59(20)21)79(60(22)23)61(24)25)89(80(62(26)27)63(28)29)81(64(30)31)65(32)33;1-2/h2*1H4;1H,2-48H2;. The first kappa shape index (κ1) is 146. The largest absolute Gasteiger partial charge is 0.279 e. The Balaban J connectivity index is -0.0000112. The quantitative estimate of drug-likeness (QED) is 0.0614. The molecule has 0 heterocycles. The van der Waals surface area contributed by atoms with E-state index in [1.807, 2.05) is 0 Å². The molecular weight excluding hydrogens is 3010 g/mol. The Morgan fingerprint density at radius 2 is 0.192 bits per heavy atom. The molecule has 1 N–H and O–H groups in total. The summed E-state index contributed by atoms with van der Waals surface area (Å²) in [6.07, 6.45) is 0. The maximum absolute atomic E-state index is 10.1. The van der Waals surface area contributed by atoms with Crippen LogP contribution in [0.3, 0.4) is 0 Å². The van der Waals surface area contributed by atoms with Crippen LogP contribution in [0, 0.1) is 5.16 Å². The van der Waals surface area contributed by atoms with E-state index in [9.17, 15) is 5.16 Å². The smallest absolute Gasteiger partial charge is 0.0358 e. The zero-order valence-electron chi connectivity index (χ0n) is 49.5. The van der Waals surface area contributed by atoms with Gasteiger partial charge in [-0.15, -0.1) is 411 Å². The summed E-state index contributed by atoms with van der Waals surface area (Å²) in [6.45, 7) is -21.8. The average Bonchev–Trinajstić information content (AvgIpc) is 3.38. The summed E-state index contributed by atoms with van der Waals surface area (Å²) in [4.78, 5) is 0. The van der Waals surface area contributed by atoms with Crippen molar-refractivity contribution in [3.63, 3.8) is 0 Å². The highest BCUT2D eigenvalue weighted by Crippen LogP contribution is 3.54. The lowest BCUT2D eigenvalue weighted by atomic mass is 12.0. The first-order valence-corrected chi connectivity index (χ1v) is 194. The van der Waals surface area contributed by atoms with E-state index in [4.69, 9.17) is 0 Å². The van der Waals surface area contributed by atoms with Gasteiger partial charge in [0.2, 0.25) is 0 Å². The van der Waals surface area contributed by atoms with Crippen molar-refractivity contribution < 1.29 is 0 Å². The molecule has 51 atom stereocenters. The maximum Gasteiger partial charge on any atom is 0.0358 e. The first-order chi connectivity index (χ1) is 44.3. The van der Waals surface area contributed by atoms with Crippen molar-refractivity contribution >= 4 is 771 Å². The first-order valence-electron chi connectivity index (χ1n) is 21.7. The molecule has 51 unspecified atom stereocenters. The van der Waals surface area contributed by atoms with Crippen LogP contribution >= 0.6 is 749 Å². The number of hydrogen-bond donors (Lipinski definition) is 1. The molecular formula is C2H103NP94S2. The second kappa shape index (κ2) is 81.3. The van der Waals surface area contributed by atoms with Gasteiger partial charge >= 0.3 is 0 Å². The third kappa shape index (κ3) is 52.1. The molecule has 0 fully saturated rings. The van der Waals surface area contributed by atoms with Gasteiger partial charge in [0, 0.05) is 58.4 Å². The Hall–Kier alpha value is 40.5. The molecule has 0 aliphatic carbocycles. The summed E-state index contributed by atoms with van der Waals surface area (Å²) in [5.41, 5.74) is 0. The fourth-order valence-corrected chi connectivity index (χ4v) is 1410. The van der Waals surface area contributed by atoms with Crippen LogP contribution in [-0.4, -0.2) is 0 Å². The van der Waals surface area contributed by atoms with Gasteiger partial charge in [-0.1, -0.05) is 23.8 Å². The van der Waals surface area contributed by atoms with Crippen molar-refractivity contribution in [1.29, 1.82) is 5.16 Å². The van der Waals surface area contributed by atoms with Crippen molar-refractivity contribution in [3.05, 3.63) is 0 Å². The van der Waals surface area contributed by atoms with Gasteiger partial charge in [-0.2, -0.15) is 0 Å². The molecule has 0 aliphatic heterocycles. The second-order valence-corrected chi connectivity index (χ2v) is 405. The summed E-state index contributed by atoms with van der Waals surface area (Å²) < 4.78 is 0. The normalized spacial score (nSPS) is 15.3. The predicted octanol–water partition coefficient (Wildman–Crippen LogP) is 57.4. The topological polar surface area (TPSA) is 23.9 Å². The van der Waals surface area contributed by atoms with E-state index in [-0.39, 0.29) is 14.9 Å². The fraction of sp³-hybridized carbons (Fsp3) is 1.00. The Morgan fingerprint density at radius 1 is 0.131 bits per heavy atom. The van der Waals surface area contributed by atoms with Crippen molar-refractivity contribution in [2.24, 2.45) is 0 Å². The van der Waals surface area contributed by atoms with Gasteiger partial charge in [0.25, 0.3) is 0 Å². The van der Waals surface area contributed by atoms with Gasteiger partial charge in [0.15, 0.2) is 0 Å². The van der Waals surface area contributed by atoms with E-state index in [1.54, 1.807) is 0 Å². The van der Waals surface area contributed by atoms with Crippen molar-refractivity contribution in [1.82, 2.24) is 0 Å². The lowest BCUT2D eigenvalue weighted by Crippen LogP contribution is -1.77. The molecule has 0 saturated carbocycles. The molecule has 0 aromatic carbocycles. The third-order valence-electron chi connectivity index (χ3n) is 8.40. The van der Waals surface area contributed by atoms with E-state index in [2.05, 4.69) is 442 Å². The zero-order valence-corrected chi connectivity index (χ0v) is 147. The Kier molecular flexibility index (Phi) is 120. The Bertz CT molecular complexity index is 1650. The van der Waals surface area contributed by atoms with Crippen molar-refractivity contribution in [2.45, 2.75) is 14.9 Å². The highest BCUT2D eigenvalue weighted by atomic mass is 33.7. The van der Waals surface area contributed by atoms with Crippen LogP contribution in [0.4, 0.5) is 0 Å². The maximum atomic E-state index is 10.1. The average molecular weight is 3120 g/mol. The van der Waals surface area contributed by atoms with Crippen LogP contribution < -0.4 is 0 Å². The van der Waals surface area contributed by atoms with Crippen LogP contribution in [0.1, 0.15) is 14.9 Å². The van der Waals surface area contributed by atoms with Gasteiger partial charge in [0.05, 0.1) is 0 Å². The highest BCUT2D eigenvalue weighted by molar-refractivity contribution is 9.60. The monoisotopic (exact) mass is 3120 g/mol. The van der Waals surface area contributed by atoms with Gasteiger partial charge < -0.3 is 0 Å². The fourth-order valence-electron chi connectivity index (χ4n) is 5.81. The SMILES string of the molecule is C.C.N=PP(P)P(P(P)P)P(P(P(P)P)P(P)P)P(P(P(P(P)P)P(P)P)P(P(P)P)P(P)P)P(P(P(P(P(P)P)P(P)P)P(P(P)P)P(P)P)P(P(P(P)P)P(P)P)P(P(P)P)P(P)P)P(P(P(P(P)P)P(P)P)P(P(P)P)P(P)P)P(P(P(P)P)P(P)P)P(P(P)P)P(P)P.S=S. The van der Waals surface area contributed by atoms with Crippen LogP contribution in [-0.2, 0) is 22.4 Å². The van der Waals surface area contributed by atoms with Crippen LogP contribution in [0.25, 0.3) is 0 Å². The molecule has 99 heavy (non-hydrogen) atoms. The summed E-state index contributed by atoms with van der Waals surface area (Å²) in [5.74, 6) is 0. The molecule has 0 rings (SSSR count). The zero-order chi connectivity index (χ0) is 77.3. The summed E-state index contributed by atoms with van der Waals surface area (Å²) >= 11 is 7.33. The molecule has 0 amide bonds. The van der Waals surface area contributed by atoms with Crippen molar-refractivity contribution in [3.8, 4) is 0 Å². The van der Waals surface area contributed by atoms with E-state index >= 15 is 0 Å². The molecule has 0 aromatic rings. The minimum Gasteiger partial charge on any atom is -0.279 e. The molecule has 0 saturated heterocycles. The van der Waals surface area contributed by atoms with Gasteiger partial charge in [-0.25, -0.2) is 0 Å². The van der Waals surface area contributed by atoms with Gasteiger partial charge in [-0.3, -0.25) is 5.16 Å². The molecule has 598 valence electrons. The van der Waals surface area contributed by atoms with Crippen LogP contribution in [0.2, 0.25) is 0 Å². The predicted molar refractivity (Wildman–Crippen MR) is 813 cm³/mol. The lowest BCUT2D eigenvalue weighted by Gasteiger charge is -2.64. The number of rotatable bonds is 46. The van der Waals surface area contributed by atoms with Crippen molar-refractivity contribution in [2.75, 3.05) is 0 Å². The van der Waals surface area contributed by atoms with E-state index in [0.29, 0.717) is 0 Å². The summed E-state index contributed by atoms with van der Waals surface area (Å²) in [7, 11) is 177. The van der Waals surface area contributed by atoms with E-state index in [1.165, 1.54) is 0 Å². The Labute approximate surface area is 778 Å². The molecule has 0 bridgehead atoms. The molecule has 0 radical (unpaired) electrons. The molecule has 97 heteroatoms. The van der Waals surface area contributed by atoms with Gasteiger partial charge in [0.1, 0.15) is 0 Å². The molecule has 0 spiro atoms. The minimum absolute atomic E-state index is 0. The Morgan fingerprint density at radius 3 is 0.253 bits per heavy atom. The minimum atomic E-state index is -0.669. The summed E-state index contributed by atoms with van der Waals surface area (Å²) in [6, 6.07) is 0. The third-order valence-corrected chi connectivity index (χ3v) is 675. The summed E-state index contributed by atoms with van der Waals surface area (Å²) in [5, 5.41) is 10.1.